The zero-order chi connectivity index (χ0) is 16.0. The van der Waals surface area contributed by atoms with E-state index in [2.05, 4.69) is 21.2 Å². The van der Waals surface area contributed by atoms with Gasteiger partial charge in [0.2, 0.25) is 5.91 Å². The van der Waals surface area contributed by atoms with Crippen LogP contribution in [0.15, 0.2) is 28.7 Å². The highest BCUT2D eigenvalue weighted by atomic mass is 79.9. The number of Topliss-reactive ketones (excluding diaryl/α,β-unsaturated/α-hetero) is 1. The Labute approximate surface area is 130 Å². The van der Waals surface area contributed by atoms with Crippen molar-refractivity contribution in [3.05, 3.63) is 34.3 Å². The minimum absolute atomic E-state index is 0.184. The third-order valence-electron chi connectivity index (χ3n) is 2.89. The van der Waals surface area contributed by atoms with Crippen molar-refractivity contribution in [3.8, 4) is 0 Å². The molecule has 1 aromatic carbocycles. The highest BCUT2D eigenvalue weighted by Crippen LogP contribution is 2.11. The second kappa shape index (κ2) is 7.68. The van der Waals surface area contributed by atoms with Crippen LogP contribution in [0.2, 0.25) is 0 Å². The Balaban J connectivity index is 2.63. The molecule has 1 aromatic rings. The molecular formula is C14H15BrN2O4. The average molecular weight is 355 g/mol. The number of ketones is 1. The van der Waals surface area contributed by atoms with Crippen molar-refractivity contribution in [1.82, 2.24) is 5.32 Å². The first kappa shape index (κ1) is 17.0. The molecule has 7 heteroatoms. The summed E-state index contributed by atoms with van der Waals surface area (Å²) in [5.74, 6) is -3.40. The van der Waals surface area contributed by atoms with Crippen LogP contribution in [0.3, 0.4) is 0 Å². The summed E-state index contributed by atoms with van der Waals surface area (Å²) in [5, 5.41) is 18.5. The van der Waals surface area contributed by atoms with Crippen LogP contribution in [-0.4, -0.2) is 35.0 Å². The first-order valence-corrected chi connectivity index (χ1v) is 7.04. The molecule has 0 radical (unpaired) electrons. The van der Waals surface area contributed by atoms with Crippen molar-refractivity contribution in [3.63, 3.8) is 0 Å². The molecule has 0 bridgehead atoms. The van der Waals surface area contributed by atoms with E-state index in [1.54, 1.807) is 31.2 Å². The summed E-state index contributed by atoms with van der Waals surface area (Å²) in [6.07, 6.45) is 0.184. The first-order chi connectivity index (χ1) is 9.86. The molecule has 3 N–H and O–H groups in total. The fourth-order valence-electron chi connectivity index (χ4n) is 1.70. The number of carboxylic acids is 1. The Morgan fingerprint density at radius 1 is 1.29 bits per heavy atom. The monoisotopic (exact) mass is 354 g/mol. The number of carbonyl (C=O) groups is 3. The van der Waals surface area contributed by atoms with Gasteiger partial charge in [0.15, 0.2) is 5.78 Å². The normalized spacial score (nSPS) is 11.5. The molecule has 0 saturated heterocycles. The van der Waals surface area contributed by atoms with Crippen molar-refractivity contribution in [2.45, 2.75) is 13.3 Å². The van der Waals surface area contributed by atoms with Gasteiger partial charge in [-0.2, -0.15) is 0 Å². The summed E-state index contributed by atoms with van der Waals surface area (Å²) in [5.41, 5.74) is -0.231. The van der Waals surface area contributed by atoms with Crippen LogP contribution in [0.4, 0.5) is 0 Å². The molecule has 0 fully saturated rings. The van der Waals surface area contributed by atoms with Gasteiger partial charge in [0.1, 0.15) is 5.71 Å². The number of hydrogen-bond donors (Lipinski definition) is 3. The molecule has 1 amide bonds. The summed E-state index contributed by atoms with van der Waals surface area (Å²) in [4.78, 5) is 34.4. The van der Waals surface area contributed by atoms with Crippen LogP contribution in [0.5, 0.6) is 0 Å². The standard InChI is InChI=1S/C14H15BrN2O4/c1-2-10(12(16)14(20)21)13(19)17-7-11(18)8-3-5-9(15)6-4-8/h3-6,10,16H,2,7H2,1H3,(H,17,19)(H,20,21). The number of amides is 1. The highest BCUT2D eigenvalue weighted by molar-refractivity contribution is 9.10. The van der Waals surface area contributed by atoms with E-state index in [1.807, 2.05) is 0 Å². The quantitative estimate of drug-likeness (QED) is 0.513. The second-order valence-corrected chi connectivity index (χ2v) is 5.24. The predicted octanol–water partition coefficient (Wildman–Crippen LogP) is 1.88. The third kappa shape index (κ3) is 4.78. The van der Waals surface area contributed by atoms with Gasteiger partial charge in [-0.05, 0) is 18.6 Å². The largest absolute Gasteiger partial charge is 0.477 e. The minimum atomic E-state index is -1.43. The Hall–Kier alpha value is -2.02. The lowest BCUT2D eigenvalue weighted by Crippen LogP contribution is -2.39. The zero-order valence-electron chi connectivity index (χ0n) is 11.4. The van der Waals surface area contributed by atoms with Crippen LogP contribution in [0.1, 0.15) is 23.7 Å². The molecule has 0 aromatic heterocycles. The number of carbonyl (C=O) groups excluding carboxylic acids is 2. The maximum Gasteiger partial charge on any atom is 0.350 e. The van der Waals surface area contributed by atoms with Gasteiger partial charge >= 0.3 is 5.97 Å². The van der Waals surface area contributed by atoms with Crippen LogP contribution in [-0.2, 0) is 9.59 Å². The SMILES string of the molecule is CCC(C(=N)C(=O)O)C(=O)NCC(=O)c1ccc(Br)cc1. The third-order valence-corrected chi connectivity index (χ3v) is 3.42. The van der Waals surface area contributed by atoms with Gasteiger partial charge in [-0.15, -0.1) is 0 Å². The maximum atomic E-state index is 11.9. The van der Waals surface area contributed by atoms with E-state index >= 15 is 0 Å². The molecule has 1 unspecified atom stereocenters. The van der Waals surface area contributed by atoms with Crippen molar-refractivity contribution in [1.29, 1.82) is 5.41 Å². The lowest BCUT2D eigenvalue weighted by atomic mass is 9.99. The predicted molar refractivity (Wildman–Crippen MR) is 80.6 cm³/mol. The van der Waals surface area contributed by atoms with Crippen molar-refractivity contribution in [2.75, 3.05) is 6.54 Å². The minimum Gasteiger partial charge on any atom is -0.477 e. The number of benzene rings is 1. The summed E-state index contributed by atoms with van der Waals surface area (Å²) < 4.78 is 0.837. The molecule has 0 saturated carbocycles. The summed E-state index contributed by atoms with van der Waals surface area (Å²) in [6, 6.07) is 6.67. The van der Waals surface area contributed by atoms with Gasteiger partial charge in [0, 0.05) is 10.0 Å². The second-order valence-electron chi connectivity index (χ2n) is 4.33. The van der Waals surface area contributed by atoms with E-state index in [4.69, 9.17) is 10.5 Å². The van der Waals surface area contributed by atoms with Crippen LogP contribution in [0.25, 0.3) is 0 Å². The van der Waals surface area contributed by atoms with E-state index < -0.39 is 23.5 Å². The van der Waals surface area contributed by atoms with Crippen molar-refractivity contribution >= 4 is 39.3 Å². The Morgan fingerprint density at radius 2 is 1.86 bits per heavy atom. The summed E-state index contributed by atoms with van der Waals surface area (Å²) in [6.45, 7) is 1.38. The van der Waals surface area contributed by atoms with Gasteiger partial charge in [0.25, 0.3) is 0 Å². The van der Waals surface area contributed by atoms with E-state index in [-0.39, 0.29) is 18.7 Å². The first-order valence-electron chi connectivity index (χ1n) is 6.25. The van der Waals surface area contributed by atoms with Crippen LogP contribution >= 0.6 is 15.9 Å². The molecular weight excluding hydrogens is 340 g/mol. The van der Waals surface area contributed by atoms with E-state index in [1.165, 1.54) is 0 Å². The van der Waals surface area contributed by atoms with Gasteiger partial charge in [-0.25, -0.2) is 4.79 Å². The Morgan fingerprint density at radius 3 is 2.33 bits per heavy atom. The summed E-state index contributed by atoms with van der Waals surface area (Å²) >= 11 is 3.25. The lowest BCUT2D eigenvalue weighted by Gasteiger charge is -2.13. The number of halogens is 1. The van der Waals surface area contributed by atoms with Gasteiger partial charge in [0.05, 0.1) is 12.5 Å². The molecule has 0 spiro atoms. The lowest BCUT2D eigenvalue weighted by molar-refractivity contribution is -0.131. The molecule has 21 heavy (non-hydrogen) atoms. The molecule has 0 aliphatic heterocycles. The number of rotatable bonds is 7. The fourth-order valence-corrected chi connectivity index (χ4v) is 1.96. The molecule has 112 valence electrons. The average Bonchev–Trinajstić information content (AvgIpc) is 2.46. The molecule has 6 nitrogen and oxygen atoms in total. The molecule has 1 atom stereocenters. The summed E-state index contributed by atoms with van der Waals surface area (Å²) in [7, 11) is 0. The fraction of sp³-hybridized carbons (Fsp3) is 0.286. The number of hydrogen-bond acceptors (Lipinski definition) is 4. The van der Waals surface area contributed by atoms with Crippen molar-refractivity contribution in [2.24, 2.45) is 5.92 Å². The molecule has 0 aliphatic rings. The number of carboxylic acid groups (broad SMARTS) is 1. The molecule has 1 rings (SSSR count). The van der Waals surface area contributed by atoms with Crippen molar-refractivity contribution < 1.29 is 19.5 Å². The maximum absolute atomic E-state index is 11.9. The van der Waals surface area contributed by atoms with E-state index in [0.29, 0.717) is 5.56 Å². The van der Waals surface area contributed by atoms with Gasteiger partial charge in [-0.3, -0.25) is 15.0 Å². The smallest absolute Gasteiger partial charge is 0.350 e. The molecule has 0 heterocycles. The number of aliphatic carboxylic acids is 1. The van der Waals surface area contributed by atoms with Crippen LogP contribution < -0.4 is 5.32 Å². The van der Waals surface area contributed by atoms with Gasteiger partial charge < -0.3 is 10.4 Å². The number of nitrogens with one attached hydrogen (secondary N) is 2. The van der Waals surface area contributed by atoms with Crippen LogP contribution in [0, 0.1) is 11.3 Å². The topological polar surface area (TPSA) is 107 Å². The zero-order valence-corrected chi connectivity index (χ0v) is 12.9. The highest BCUT2D eigenvalue weighted by Gasteiger charge is 2.26. The van der Waals surface area contributed by atoms with E-state index in [0.717, 1.165) is 4.47 Å². The molecule has 0 aliphatic carbocycles. The van der Waals surface area contributed by atoms with E-state index in [9.17, 15) is 14.4 Å². The Kier molecular flexibility index (Phi) is 6.23. The Bertz CT molecular complexity index is 569. The van der Waals surface area contributed by atoms with Gasteiger partial charge in [-0.1, -0.05) is 35.0 Å².